The van der Waals surface area contributed by atoms with E-state index >= 15 is 0 Å². The van der Waals surface area contributed by atoms with E-state index in [0.717, 1.165) is 96.7 Å². The fourth-order valence-corrected chi connectivity index (χ4v) is 13.6. The molecule has 8 N–H and O–H groups in total. The van der Waals surface area contributed by atoms with Crippen LogP contribution in [-0.2, 0) is 42.9 Å². The van der Waals surface area contributed by atoms with Crippen molar-refractivity contribution in [3.05, 3.63) is 241 Å². The van der Waals surface area contributed by atoms with Gasteiger partial charge in [-0.3, -0.25) is 19.4 Å². The molecular weight excluding hydrogens is 2110 g/mol. The van der Waals surface area contributed by atoms with Gasteiger partial charge in [-0.15, -0.1) is 25.5 Å². The van der Waals surface area contributed by atoms with Crippen molar-refractivity contribution in [1.82, 2.24) is 93.7 Å². The molecule has 35 nitrogen and oxygen atoms in total. The fourth-order valence-electron chi connectivity index (χ4n) is 12.0. The van der Waals surface area contributed by atoms with Crippen LogP contribution in [0.1, 0.15) is 141 Å². The van der Waals surface area contributed by atoms with E-state index in [1.54, 1.807) is 49.5 Å². The Morgan fingerprint density at radius 3 is 1.12 bits per heavy atom. The number of carboxylic acids is 1. The van der Waals surface area contributed by atoms with Crippen molar-refractivity contribution in [2.75, 3.05) is 39.5 Å². The number of ether oxygens (including phenoxy) is 4. The molecule has 1 saturated heterocycles. The minimum atomic E-state index is -1.40. The topological polar surface area (TPSA) is 478 Å². The van der Waals surface area contributed by atoms with Gasteiger partial charge in [0.15, 0.2) is 29.1 Å². The quantitative estimate of drug-likeness (QED) is 0.00886. The molecule has 138 heavy (non-hydrogen) atoms. The third-order valence-corrected chi connectivity index (χ3v) is 22.1. The second-order valence-corrected chi connectivity index (χ2v) is 36.3. The van der Waals surface area contributed by atoms with E-state index in [0.29, 0.717) is 52.7 Å². The zero-order valence-corrected chi connectivity index (χ0v) is 89.5. The number of hydrogen-bond acceptors (Lipinski definition) is 27. The van der Waals surface area contributed by atoms with E-state index in [1.165, 1.54) is 120 Å². The number of aromatic nitrogens is 18. The van der Waals surface area contributed by atoms with Gasteiger partial charge < -0.3 is 55.9 Å². The molecule has 2 unspecified atom stereocenters. The molecular formula is C95H117BBr5ClLiN21O14. The summed E-state index contributed by atoms with van der Waals surface area (Å²) in [6.07, 6.45) is 23.2. The zero-order chi connectivity index (χ0) is 101. The van der Waals surface area contributed by atoms with E-state index in [1.807, 2.05) is 158 Å². The Kier molecular flexibility index (Phi) is 55.1. The number of alkyl halides is 2. The van der Waals surface area contributed by atoms with E-state index < -0.39 is 41.1 Å². The second kappa shape index (κ2) is 62.8. The summed E-state index contributed by atoms with van der Waals surface area (Å²) >= 11 is 20.9. The molecule has 0 aliphatic carbocycles. The van der Waals surface area contributed by atoms with Crippen LogP contribution in [0, 0.1) is 75.2 Å². The van der Waals surface area contributed by atoms with Gasteiger partial charge in [-0.25, -0.2) is 72.7 Å². The molecule has 43 heteroatoms. The smallest absolute Gasteiger partial charge is 0.870 e. The summed E-state index contributed by atoms with van der Waals surface area (Å²) in [6, 6.07) is 33.8. The maximum Gasteiger partial charge on any atom is 1.00 e. The standard InChI is InChI=1S/C17H16N6O.C16H19Br2N3O2.C16H18BrN3O2.C13H13BrN4O.C13H12BrN3O2.C6H15N.C5H6BNO2.C5H9ClO2.C4H8O.Li.H2O/c1-11-3-12(2)5-13(4-11)17-21-10-23(22-17)8-15(16(18)24)14-6-19-9-20-7-14;1-9(2)23-16(22)13(17)14(18)21-8-19-15(20-21)12-6-10(3)5-11(4)7-12;1-10(2)22-16(21)14(17)8-20-9-18-15(19-20)13-6-11(3)5-12(4)7-13;1-8-3-9(2)5-10(4-8)13-16-7-18(17-13)6-11(14)12(15)19;1-8-3-9(2)5-10(4-8)12-15-7-17(16-12)6-11(14)13(18)19;1-4-7(5-2)6-3;8-6(9)5-2-1-3-7-4-5;1-4(2)3-8-5(6)7;1-2-4-5-3-1;;/h3-10H,1-2H3,(H2,18,24);5-9,13-14H,1-4H3;5-10H,1-4H3;3-7H,1-2H3,(H2,15,19);3-7H,1-2H3,(H,18,19);4-6H2,1-3H3;1-4,8-9H;4H,3H2,1-2H3;1-4H2;;1H2/q;;;;;;;;;+1;/p-1/b15-8-;;14-8+;2*11-6+;;;;;;. The molecule has 7 aromatic heterocycles. The molecule has 1 aliphatic rings. The minimum absolute atomic E-state index is 0. The number of nitrogens with two attached hydrogens (primary N) is 2. The Labute approximate surface area is 863 Å². The number of hydrogen-bond donors (Lipinski definition) is 5. The van der Waals surface area contributed by atoms with E-state index in [9.17, 15) is 28.8 Å². The number of halogens is 6. The number of carbonyl (C=O) groups excluding carboxylic acids is 5. The average Bonchev–Trinajstić information content (AvgIpc) is 1.70. The maximum atomic E-state index is 12.0. The predicted octanol–water partition coefficient (Wildman–Crippen LogP) is 14.5. The van der Waals surface area contributed by atoms with Gasteiger partial charge >= 0.3 is 49.3 Å². The number of nitrogens with zero attached hydrogens (tertiary/aromatic N) is 19. The first kappa shape index (κ1) is 121. The number of esters is 2. The fraction of sp³-hybridized carbons (Fsp3) is 0.337. The molecule has 13 rings (SSSR count). The molecule has 0 saturated carbocycles. The van der Waals surface area contributed by atoms with Crippen molar-refractivity contribution in [1.29, 1.82) is 0 Å². The Hall–Kier alpha value is -11.0. The Morgan fingerprint density at radius 1 is 0.500 bits per heavy atom. The van der Waals surface area contributed by atoms with Crippen molar-refractivity contribution in [2.45, 2.75) is 166 Å². The number of primary amides is 2. The van der Waals surface area contributed by atoms with Gasteiger partial charge in [0.2, 0.25) is 0 Å². The molecule has 0 spiro atoms. The first-order valence-electron chi connectivity index (χ1n) is 42.8. The Balaban J connectivity index is 0.000000412. The number of amides is 2. The van der Waals surface area contributed by atoms with Gasteiger partial charge in [-0.05, 0) is 250 Å². The van der Waals surface area contributed by atoms with Crippen molar-refractivity contribution >= 4 is 169 Å². The van der Waals surface area contributed by atoms with Gasteiger partial charge in [0, 0.05) is 94.6 Å². The molecule has 8 heterocycles. The van der Waals surface area contributed by atoms with Crippen molar-refractivity contribution in [3.8, 4) is 56.9 Å². The average molecular weight is 2230 g/mol. The summed E-state index contributed by atoms with van der Waals surface area (Å²) in [6.45, 7) is 43.9. The number of carbonyl (C=O) groups is 6. The summed E-state index contributed by atoms with van der Waals surface area (Å²) < 4.78 is 27.6. The third-order valence-electron chi connectivity index (χ3n) is 17.8. The van der Waals surface area contributed by atoms with Crippen molar-refractivity contribution in [2.24, 2.45) is 17.4 Å². The zero-order valence-electron chi connectivity index (χ0n) is 80.8. The number of carboxylic acid groups (broad SMARTS) is 1. The van der Waals surface area contributed by atoms with Crippen LogP contribution in [-0.4, -0.2) is 213 Å². The molecule has 1 fully saturated rings. The van der Waals surface area contributed by atoms with E-state index in [-0.39, 0.29) is 66.5 Å². The molecule has 0 radical (unpaired) electrons. The molecule has 12 aromatic rings. The summed E-state index contributed by atoms with van der Waals surface area (Å²) in [5.41, 5.74) is 27.2. The van der Waals surface area contributed by atoms with Crippen LogP contribution in [0.3, 0.4) is 0 Å². The van der Waals surface area contributed by atoms with Crippen LogP contribution >= 0.6 is 91.3 Å². The van der Waals surface area contributed by atoms with Crippen LogP contribution < -0.4 is 35.8 Å². The number of rotatable bonds is 25. The van der Waals surface area contributed by atoms with Crippen molar-refractivity contribution < 1.29 is 87.2 Å². The Morgan fingerprint density at radius 2 is 0.848 bits per heavy atom. The minimum Gasteiger partial charge on any atom is -0.870 e. The molecule has 1 aliphatic heterocycles. The van der Waals surface area contributed by atoms with Crippen LogP contribution in [0.4, 0.5) is 4.79 Å². The van der Waals surface area contributed by atoms with Gasteiger partial charge in [0.05, 0.1) is 43.0 Å². The molecule has 732 valence electrons. The SMILES string of the molecule is C1CCOC1.CC(C)COC(=O)Cl.CCN(CC)CC.Cc1cc(C)cc(-c2ncn(/C=C(/Br)C(=O)O)n2)c1.Cc1cc(C)cc(-c2ncn(/C=C(/Br)C(=O)OC(C)C)n2)c1.Cc1cc(C)cc(-c2ncn(/C=C(/Br)C(N)=O)n2)c1.Cc1cc(C)cc(-c2ncn(/C=C(\C(N)=O)c3cncnc3)n2)c1.Cc1cc(C)cc(-c2ncn(C(Br)C(Br)C(=O)OC(C)C)n2)c1.OB(O)c1cccnc1.[Li+].[OH-]. The largest absolute Gasteiger partial charge is 1.00 e. The summed E-state index contributed by atoms with van der Waals surface area (Å²) in [7, 11) is -1.40. The summed E-state index contributed by atoms with van der Waals surface area (Å²) in [5.74, 6) is 0.369. The molecule has 2 atom stereocenters. The van der Waals surface area contributed by atoms with Crippen LogP contribution in [0.5, 0.6) is 0 Å². The summed E-state index contributed by atoms with van der Waals surface area (Å²) in [4.78, 5) is 101. The van der Waals surface area contributed by atoms with Gasteiger partial charge in [0.1, 0.15) is 61.2 Å². The third kappa shape index (κ3) is 45.3. The monoisotopic (exact) mass is 2220 g/mol. The van der Waals surface area contributed by atoms with Crippen LogP contribution in [0.25, 0.3) is 87.3 Å². The Bertz CT molecular complexity index is 5760. The van der Waals surface area contributed by atoms with Gasteiger partial charge in [-0.2, -0.15) is 0 Å². The summed E-state index contributed by atoms with van der Waals surface area (Å²) in [5, 5.41) is 47.6. The number of benzene rings is 5. The van der Waals surface area contributed by atoms with E-state index in [2.05, 4.69) is 206 Å². The van der Waals surface area contributed by atoms with Crippen LogP contribution in [0.2, 0.25) is 0 Å². The first-order chi connectivity index (χ1) is 64.3. The molecule has 0 bridgehead atoms. The molecule has 5 aromatic carbocycles. The number of pyridine rings is 1. The number of aryl methyl sites for hydroxylation is 10. The normalized spacial score (nSPS) is 11.9. The van der Waals surface area contributed by atoms with Crippen LogP contribution in [0.15, 0.2) is 179 Å². The predicted molar refractivity (Wildman–Crippen MR) is 551 cm³/mol. The maximum absolute atomic E-state index is 12.0. The number of aliphatic carboxylic acids is 1. The van der Waals surface area contributed by atoms with Crippen molar-refractivity contribution in [3.63, 3.8) is 0 Å². The van der Waals surface area contributed by atoms with Gasteiger partial charge in [0.25, 0.3) is 11.8 Å². The van der Waals surface area contributed by atoms with E-state index in [4.69, 9.17) is 52.4 Å². The molecule has 2 amide bonds. The first-order valence-corrected chi connectivity index (χ1v) is 47.4. The van der Waals surface area contributed by atoms with Gasteiger partial charge in [-0.1, -0.05) is 159 Å². The second-order valence-electron chi connectivity index (χ2n) is 31.5.